The number of benzene rings is 2. The Kier molecular flexibility index (Phi) is 6.96. The molecular formula is C19H19F2NO4. The van der Waals surface area contributed by atoms with E-state index in [2.05, 4.69) is 10.1 Å². The van der Waals surface area contributed by atoms with Crippen molar-refractivity contribution in [3.63, 3.8) is 0 Å². The molecule has 7 heteroatoms. The van der Waals surface area contributed by atoms with Crippen LogP contribution in [0.15, 0.2) is 48.5 Å². The number of carbonyl (C=O) groups is 1. The summed E-state index contributed by atoms with van der Waals surface area (Å²) in [6.07, 6.45) is 2.89. The molecule has 2 aromatic carbocycles. The van der Waals surface area contributed by atoms with Gasteiger partial charge in [0.1, 0.15) is 5.75 Å². The van der Waals surface area contributed by atoms with E-state index >= 15 is 0 Å². The van der Waals surface area contributed by atoms with Crippen molar-refractivity contribution in [2.75, 3.05) is 14.2 Å². The van der Waals surface area contributed by atoms with Crippen LogP contribution in [0.25, 0.3) is 6.08 Å². The first-order valence-electron chi connectivity index (χ1n) is 7.74. The lowest BCUT2D eigenvalue weighted by molar-refractivity contribution is -0.116. The van der Waals surface area contributed by atoms with Gasteiger partial charge in [0.25, 0.3) is 0 Å². The molecule has 0 aliphatic rings. The Morgan fingerprint density at radius 1 is 1.08 bits per heavy atom. The predicted molar refractivity (Wildman–Crippen MR) is 93.5 cm³/mol. The molecular weight excluding hydrogens is 344 g/mol. The Labute approximate surface area is 150 Å². The van der Waals surface area contributed by atoms with Crippen molar-refractivity contribution < 1.29 is 27.8 Å². The van der Waals surface area contributed by atoms with E-state index < -0.39 is 6.61 Å². The van der Waals surface area contributed by atoms with E-state index in [1.165, 1.54) is 25.3 Å². The fraction of sp³-hybridized carbons (Fsp3) is 0.211. The molecule has 5 nitrogen and oxygen atoms in total. The summed E-state index contributed by atoms with van der Waals surface area (Å²) in [6, 6.07) is 11.8. The first-order chi connectivity index (χ1) is 12.5. The Hall–Kier alpha value is -3.09. The number of hydrogen-bond donors (Lipinski definition) is 1. The molecule has 1 amide bonds. The minimum Gasteiger partial charge on any atom is -0.496 e. The number of methoxy groups -OCH3 is 2. The Bertz CT molecular complexity index is 778. The third-order valence-electron chi connectivity index (χ3n) is 3.48. The smallest absolute Gasteiger partial charge is 0.387 e. The maximum Gasteiger partial charge on any atom is 0.387 e. The number of hydrogen-bond acceptors (Lipinski definition) is 4. The largest absolute Gasteiger partial charge is 0.496 e. The monoisotopic (exact) mass is 363 g/mol. The highest BCUT2D eigenvalue weighted by atomic mass is 19.3. The Balaban J connectivity index is 1.99. The molecule has 2 aromatic rings. The predicted octanol–water partition coefficient (Wildman–Crippen LogP) is 3.63. The van der Waals surface area contributed by atoms with Crippen LogP contribution in [0.1, 0.15) is 11.1 Å². The molecule has 0 unspecified atom stereocenters. The molecule has 0 atom stereocenters. The van der Waals surface area contributed by atoms with Crippen molar-refractivity contribution in [3.8, 4) is 17.2 Å². The molecule has 0 aromatic heterocycles. The zero-order valence-electron chi connectivity index (χ0n) is 14.4. The standard InChI is InChI=1S/C19H19F2NO4/c1-24-15-6-4-3-5-14(15)12-22-18(23)10-8-13-7-9-16(26-19(20)21)17(11-13)25-2/h3-11,19H,12H2,1-2H3,(H,22,23). The molecule has 0 saturated carbocycles. The summed E-state index contributed by atoms with van der Waals surface area (Å²) in [5.41, 5.74) is 1.46. The lowest BCUT2D eigenvalue weighted by atomic mass is 10.2. The van der Waals surface area contributed by atoms with Gasteiger partial charge in [-0.2, -0.15) is 8.78 Å². The Morgan fingerprint density at radius 3 is 2.50 bits per heavy atom. The van der Waals surface area contributed by atoms with E-state index in [9.17, 15) is 13.6 Å². The number of halogens is 2. The van der Waals surface area contributed by atoms with Gasteiger partial charge in [-0.1, -0.05) is 24.3 Å². The number of para-hydroxylation sites is 1. The van der Waals surface area contributed by atoms with Crippen molar-refractivity contribution in [1.82, 2.24) is 5.32 Å². The highest BCUT2D eigenvalue weighted by Gasteiger charge is 2.10. The van der Waals surface area contributed by atoms with Gasteiger partial charge in [-0.25, -0.2) is 0 Å². The molecule has 0 heterocycles. The summed E-state index contributed by atoms with van der Waals surface area (Å²) in [5.74, 6) is 0.473. The van der Waals surface area contributed by atoms with Crippen molar-refractivity contribution in [1.29, 1.82) is 0 Å². The summed E-state index contributed by atoms with van der Waals surface area (Å²) in [6.45, 7) is -2.62. The number of ether oxygens (including phenoxy) is 3. The number of nitrogens with one attached hydrogen (secondary N) is 1. The molecule has 0 spiro atoms. The van der Waals surface area contributed by atoms with Crippen LogP contribution >= 0.6 is 0 Å². The summed E-state index contributed by atoms with van der Waals surface area (Å²) in [5, 5.41) is 2.75. The van der Waals surface area contributed by atoms with Crippen molar-refractivity contribution in [3.05, 3.63) is 59.7 Å². The van der Waals surface area contributed by atoms with Crippen LogP contribution in [0, 0.1) is 0 Å². The second-order valence-electron chi connectivity index (χ2n) is 5.15. The second kappa shape index (κ2) is 9.41. The van der Waals surface area contributed by atoms with E-state index in [0.29, 0.717) is 17.9 Å². The summed E-state index contributed by atoms with van der Waals surface area (Å²) < 4.78 is 39.2. The van der Waals surface area contributed by atoms with E-state index in [-0.39, 0.29) is 17.4 Å². The van der Waals surface area contributed by atoms with Gasteiger partial charge in [0.15, 0.2) is 11.5 Å². The SMILES string of the molecule is COc1ccccc1CNC(=O)C=Cc1ccc(OC(F)F)c(OC)c1. The van der Waals surface area contributed by atoms with Crippen LogP contribution in [-0.4, -0.2) is 26.7 Å². The molecule has 1 N–H and O–H groups in total. The first kappa shape index (κ1) is 19.2. The van der Waals surface area contributed by atoms with Crippen LogP contribution in [0.2, 0.25) is 0 Å². The van der Waals surface area contributed by atoms with Gasteiger partial charge >= 0.3 is 6.61 Å². The molecule has 0 aliphatic heterocycles. The zero-order valence-corrected chi connectivity index (χ0v) is 14.4. The lowest BCUT2D eigenvalue weighted by Crippen LogP contribution is -2.20. The third kappa shape index (κ3) is 5.47. The van der Waals surface area contributed by atoms with Crippen molar-refractivity contribution >= 4 is 12.0 Å². The van der Waals surface area contributed by atoms with Gasteiger partial charge in [-0.3, -0.25) is 4.79 Å². The summed E-state index contributed by atoms with van der Waals surface area (Å²) in [4.78, 5) is 12.0. The number of carbonyl (C=O) groups excluding carboxylic acids is 1. The van der Waals surface area contributed by atoms with Gasteiger partial charge in [0.2, 0.25) is 5.91 Å². The van der Waals surface area contributed by atoms with E-state index in [1.54, 1.807) is 19.3 Å². The molecule has 0 radical (unpaired) electrons. The fourth-order valence-electron chi connectivity index (χ4n) is 2.24. The number of amides is 1. The first-order valence-corrected chi connectivity index (χ1v) is 7.74. The molecule has 2 rings (SSSR count). The van der Waals surface area contributed by atoms with Crippen molar-refractivity contribution in [2.45, 2.75) is 13.2 Å². The second-order valence-corrected chi connectivity index (χ2v) is 5.15. The van der Waals surface area contributed by atoms with Crippen LogP contribution < -0.4 is 19.5 Å². The highest BCUT2D eigenvalue weighted by molar-refractivity contribution is 5.91. The maximum atomic E-state index is 12.3. The third-order valence-corrected chi connectivity index (χ3v) is 3.48. The average Bonchev–Trinajstić information content (AvgIpc) is 2.65. The topological polar surface area (TPSA) is 56.8 Å². The minimum absolute atomic E-state index is 0.0692. The maximum absolute atomic E-state index is 12.3. The Morgan fingerprint density at radius 2 is 1.81 bits per heavy atom. The molecule has 26 heavy (non-hydrogen) atoms. The minimum atomic E-state index is -2.94. The molecule has 0 bridgehead atoms. The quantitative estimate of drug-likeness (QED) is 0.728. The zero-order chi connectivity index (χ0) is 18.9. The van der Waals surface area contributed by atoms with Gasteiger partial charge in [-0.15, -0.1) is 0 Å². The summed E-state index contributed by atoms with van der Waals surface area (Å²) in [7, 11) is 2.91. The van der Waals surface area contributed by atoms with E-state index in [1.807, 2.05) is 24.3 Å². The van der Waals surface area contributed by atoms with E-state index in [0.717, 1.165) is 5.56 Å². The molecule has 0 aliphatic carbocycles. The van der Waals surface area contributed by atoms with Gasteiger partial charge < -0.3 is 19.5 Å². The molecule has 0 saturated heterocycles. The highest BCUT2D eigenvalue weighted by Crippen LogP contribution is 2.29. The summed E-state index contributed by atoms with van der Waals surface area (Å²) >= 11 is 0. The normalized spacial score (nSPS) is 10.8. The van der Waals surface area contributed by atoms with Gasteiger partial charge in [0, 0.05) is 18.2 Å². The van der Waals surface area contributed by atoms with Crippen molar-refractivity contribution in [2.24, 2.45) is 0 Å². The number of rotatable bonds is 8. The lowest BCUT2D eigenvalue weighted by Gasteiger charge is -2.10. The van der Waals surface area contributed by atoms with Gasteiger partial charge in [-0.05, 0) is 29.8 Å². The fourth-order valence-corrected chi connectivity index (χ4v) is 2.24. The molecule has 138 valence electrons. The number of alkyl halides is 2. The van der Waals surface area contributed by atoms with Crippen LogP contribution in [-0.2, 0) is 11.3 Å². The average molecular weight is 363 g/mol. The molecule has 0 fully saturated rings. The van der Waals surface area contributed by atoms with Gasteiger partial charge in [0.05, 0.1) is 14.2 Å². The van der Waals surface area contributed by atoms with Crippen LogP contribution in [0.5, 0.6) is 17.2 Å². The van der Waals surface area contributed by atoms with E-state index in [4.69, 9.17) is 9.47 Å². The van der Waals surface area contributed by atoms with Crippen LogP contribution in [0.4, 0.5) is 8.78 Å². The van der Waals surface area contributed by atoms with Crippen LogP contribution in [0.3, 0.4) is 0 Å².